The number of carbonyl (C=O) groups excluding carboxylic acids is 1. The van der Waals surface area contributed by atoms with Crippen LogP contribution in [-0.4, -0.2) is 24.0 Å². The van der Waals surface area contributed by atoms with E-state index in [1.54, 1.807) is 0 Å². The fourth-order valence-corrected chi connectivity index (χ4v) is 2.73. The van der Waals surface area contributed by atoms with Crippen molar-refractivity contribution < 1.29 is 4.79 Å². The number of piperazine rings is 1. The summed E-state index contributed by atoms with van der Waals surface area (Å²) in [5.41, 5.74) is 3.35. The molecule has 1 aliphatic rings. The zero-order chi connectivity index (χ0) is 13.5. The van der Waals surface area contributed by atoms with Crippen LogP contribution in [0.2, 0.25) is 0 Å². The smallest absolute Gasteiger partial charge is 0.243 e. The minimum atomic E-state index is -0.130. The average Bonchev–Trinajstić information content (AvgIpc) is 2.21. The molecule has 0 aromatic heterocycles. The van der Waals surface area contributed by atoms with Crippen molar-refractivity contribution in [2.75, 3.05) is 11.4 Å². The first-order chi connectivity index (χ1) is 8.28. The van der Waals surface area contributed by atoms with Gasteiger partial charge < -0.3 is 4.90 Å². The highest BCUT2D eigenvalue weighted by molar-refractivity contribution is 5.98. The summed E-state index contributed by atoms with van der Waals surface area (Å²) in [5.74, 6) is 0.152. The van der Waals surface area contributed by atoms with Crippen LogP contribution in [0, 0.1) is 13.8 Å². The van der Waals surface area contributed by atoms with Crippen LogP contribution in [0.25, 0.3) is 0 Å². The molecule has 1 N–H and O–H groups in total. The highest BCUT2D eigenvalue weighted by Crippen LogP contribution is 2.24. The number of rotatable bonds is 1. The molecule has 0 aliphatic carbocycles. The lowest BCUT2D eigenvalue weighted by molar-refractivity contribution is -0.122. The zero-order valence-corrected chi connectivity index (χ0v) is 11.9. The van der Waals surface area contributed by atoms with Crippen LogP contribution in [-0.2, 0) is 4.79 Å². The summed E-state index contributed by atoms with van der Waals surface area (Å²) in [6.45, 7) is 11.0. The summed E-state index contributed by atoms with van der Waals surface area (Å²) in [6.07, 6.45) is 0. The van der Waals surface area contributed by atoms with Crippen molar-refractivity contribution in [1.82, 2.24) is 5.32 Å². The number of benzene rings is 1. The van der Waals surface area contributed by atoms with Crippen molar-refractivity contribution in [3.63, 3.8) is 0 Å². The molecular formula is C15H22N2O. The van der Waals surface area contributed by atoms with E-state index in [4.69, 9.17) is 0 Å². The number of aryl methyl sites for hydroxylation is 2. The van der Waals surface area contributed by atoms with Gasteiger partial charge in [0.15, 0.2) is 0 Å². The van der Waals surface area contributed by atoms with E-state index in [0.29, 0.717) is 6.54 Å². The summed E-state index contributed by atoms with van der Waals surface area (Å²) in [6, 6.07) is 6.16. The number of hydrogen-bond acceptors (Lipinski definition) is 2. The number of anilines is 1. The van der Waals surface area contributed by atoms with Gasteiger partial charge in [-0.05, 0) is 57.9 Å². The van der Waals surface area contributed by atoms with Crippen molar-refractivity contribution in [2.45, 2.75) is 46.2 Å². The minimum Gasteiger partial charge on any atom is -0.309 e. The molecule has 0 bridgehead atoms. The monoisotopic (exact) mass is 246 g/mol. The quantitative estimate of drug-likeness (QED) is 0.825. The molecule has 1 fully saturated rings. The first kappa shape index (κ1) is 13.1. The Hall–Kier alpha value is -1.35. The lowest BCUT2D eigenvalue weighted by atomic mass is 9.97. The number of hydrogen-bond donors (Lipinski definition) is 1. The molecule has 1 saturated heterocycles. The molecule has 3 nitrogen and oxygen atoms in total. The van der Waals surface area contributed by atoms with E-state index < -0.39 is 0 Å². The van der Waals surface area contributed by atoms with Gasteiger partial charge in [-0.15, -0.1) is 0 Å². The molecule has 98 valence electrons. The van der Waals surface area contributed by atoms with Crippen LogP contribution in [0.3, 0.4) is 0 Å². The van der Waals surface area contributed by atoms with E-state index in [0.717, 1.165) is 5.69 Å². The van der Waals surface area contributed by atoms with Crippen LogP contribution in [0.5, 0.6) is 0 Å². The van der Waals surface area contributed by atoms with Crippen LogP contribution in [0.4, 0.5) is 5.69 Å². The number of carbonyl (C=O) groups is 1. The predicted molar refractivity (Wildman–Crippen MR) is 74.9 cm³/mol. The first-order valence-corrected chi connectivity index (χ1v) is 6.46. The Morgan fingerprint density at radius 1 is 1.22 bits per heavy atom. The fraction of sp³-hybridized carbons (Fsp3) is 0.533. The van der Waals surface area contributed by atoms with E-state index in [9.17, 15) is 4.79 Å². The van der Waals surface area contributed by atoms with Gasteiger partial charge in [0.1, 0.15) is 0 Å². The average molecular weight is 246 g/mol. The normalized spacial score (nSPS) is 23.3. The minimum absolute atomic E-state index is 0.0506. The van der Waals surface area contributed by atoms with Crippen LogP contribution < -0.4 is 10.2 Å². The molecule has 1 atom stereocenters. The fourth-order valence-electron chi connectivity index (χ4n) is 2.73. The molecule has 0 saturated carbocycles. The second-order valence-electron chi connectivity index (χ2n) is 6.02. The van der Waals surface area contributed by atoms with Gasteiger partial charge in [0, 0.05) is 17.8 Å². The molecule has 2 rings (SSSR count). The van der Waals surface area contributed by atoms with E-state index in [-0.39, 0.29) is 17.5 Å². The summed E-state index contributed by atoms with van der Waals surface area (Å²) >= 11 is 0. The Labute approximate surface area is 109 Å². The highest BCUT2D eigenvalue weighted by atomic mass is 16.2. The zero-order valence-electron chi connectivity index (χ0n) is 11.9. The van der Waals surface area contributed by atoms with Crippen molar-refractivity contribution >= 4 is 11.6 Å². The van der Waals surface area contributed by atoms with Gasteiger partial charge in [-0.3, -0.25) is 10.1 Å². The van der Waals surface area contributed by atoms with Gasteiger partial charge in [-0.1, -0.05) is 6.07 Å². The Morgan fingerprint density at radius 2 is 1.78 bits per heavy atom. The van der Waals surface area contributed by atoms with Crippen LogP contribution >= 0.6 is 0 Å². The molecule has 1 aliphatic heterocycles. The maximum atomic E-state index is 12.3. The van der Waals surface area contributed by atoms with Gasteiger partial charge in [-0.25, -0.2) is 0 Å². The molecule has 0 radical (unpaired) electrons. The second kappa shape index (κ2) is 4.39. The van der Waals surface area contributed by atoms with Gasteiger partial charge in [0.05, 0.1) is 6.04 Å². The van der Waals surface area contributed by atoms with E-state index >= 15 is 0 Å². The van der Waals surface area contributed by atoms with Gasteiger partial charge >= 0.3 is 0 Å². The first-order valence-electron chi connectivity index (χ1n) is 6.46. The summed E-state index contributed by atoms with van der Waals surface area (Å²) < 4.78 is 0. The second-order valence-corrected chi connectivity index (χ2v) is 6.02. The largest absolute Gasteiger partial charge is 0.309 e. The molecular weight excluding hydrogens is 224 g/mol. The molecule has 3 heteroatoms. The van der Waals surface area contributed by atoms with Crippen molar-refractivity contribution in [3.05, 3.63) is 29.3 Å². The van der Waals surface area contributed by atoms with E-state index in [1.807, 2.05) is 11.8 Å². The lowest BCUT2D eigenvalue weighted by Crippen LogP contribution is -2.64. The highest BCUT2D eigenvalue weighted by Gasteiger charge is 2.36. The molecule has 1 unspecified atom stereocenters. The summed E-state index contributed by atoms with van der Waals surface area (Å²) in [4.78, 5) is 14.2. The van der Waals surface area contributed by atoms with Crippen molar-refractivity contribution in [2.24, 2.45) is 0 Å². The lowest BCUT2D eigenvalue weighted by Gasteiger charge is -2.42. The Morgan fingerprint density at radius 3 is 2.33 bits per heavy atom. The Bertz CT molecular complexity index is 459. The Balaban J connectivity index is 2.38. The van der Waals surface area contributed by atoms with Crippen LogP contribution in [0.15, 0.2) is 18.2 Å². The topological polar surface area (TPSA) is 32.3 Å². The van der Waals surface area contributed by atoms with E-state index in [1.165, 1.54) is 11.1 Å². The number of nitrogens with zero attached hydrogens (tertiary/aromatic N) is 1. The number of amides is 1. The SMILES string of the molecule is Cc1cc(C)cc(N2CC(C)(C)NC(C)C2=O)c1. The summed E-state index contributed by atoms with van der Waals surface area (Å²) in [5, 5.41) is 3.34. The molecule has 18 heavy (non-hydrogen) atoms. The van der Waals surface area contributed by atoms with Crippen molar-refractivity contribution in [3.8, 4) is 0 Å². The van der Waals surface area contributed by atoms with Crippen LogP contribution in [0.1, 0.15) is 31.9 Å². The third kappa shape index (κ3) is 2.56. The predicted octanol–water partition coefficient (Wildman–Crippen LogP) is 2.41. The summed E-state index contributed by atoms with van der Waals surface area (Å²) in [7, 11) is 0. The number of nitrogens with one attached hydrogen (secondary N) is 1. The maximum absolute atomic E-state index is 12.3. The van der Waals surface area contributed by atoms with E-state index in [2.05, 4.69) is 51.2 Å². The van der Waals surface area contributed by atoms with Gasteiger partial charge in [-0.2, -0.15) is 0 Å². The third-order valence-electron chi connectivity index (χ3n) is 3.32. The molecule has 1 aromatic carbocycles. The standard InChI is InChI=1S/C15H22N2O/c1-10-6-11(2)8-13(7-10)17-9-15(4,5)16-12(3)14(17)18/h6-8,12,16H,9H2,1-5H3. The van der Waals surface area contributed by atoms with Crippen molar-refractivity contribution in [1.29, 1.82) is 0 Å². The maximum Gasteiger partial charge on any atom is 0.243 e. The molecule has 1 heterocycles. The molecule has 0 spiro atoms. The third-order valence-corrected chi connectivity index (χ3v) is 3.32. The van der Waals surface area contributed by atoms with Gasteiger partial charge in [0.2, 0.25) is 5.91 Å². The molecule has 1 aromatic rings. The Kier molecular flexibility index (Phi) is 3.20. The van der Waals surface area contributed by atoms with Gasteiger partial charge in [0.25, 0.3) is 0 Å². The molecule has 1 amide bonds.